The van der Waals surface area contributed by atoms with Crippen molar-refractivity contribution in [3.8, 4) is 16.9 Å². The van der Waals surface area contributed by atoms with E-state index in [1.165, 1.54) is 24.5 Å². The molecule has 1 amide bonds. The number of hydrogen-bond donors (Lipinski definition) is 1. The number of halogens is 3. The normalized spacial score (nSPS) is 13.3. The van der Waals surface area contributed by atoms with E-state index in [2.05, 4.69) is 14.7 Å². The van der Waals surface area contributed by atoms with Gasteiger partial charge in [-0.25, -0.2) is 9.97 Å². The quantitative estimate of drug-likeness (QED) is 0.445. The van der Waals surface area contributed by atoms with Crippen LogP contribution in [0.3, 0.4) is 0 Å². The van der Waals surface area contributed by atoms with E-state index in [1.807, 2.05) is 35.9 Å². The molecule has 3 heterocycles. The fourth-order valence-electron chi connectivity index (χ4n) is 4.57. The molecule has 0 saturated heterocycles. The molecule has 5 rings (SSSR count). The number of aryl methyl sites for hydroxylation is 1. The minimum Gasteiger partial charge on any atom is -0.406 e. The molecule has 1 aliphatic heterocycles. The van der Waals surface area contributed by atoms with Crippen LogP contribution in [-0.4, -0.2) is 33.3 Å². The molecule has 1 aliphatic rings. The summed E-state index contributed by atoms with van der Waals surface area (Å²) in [5, 5.41) is 0. The SMILES string of the molecule is CCn1cc(-c2ccc3c(c2)CCN3C(=O)Cc2cccc(OC(F)(F)F)c2)c2ncnc(N)c21. The first kappa shape index (κ1) is 22.7. The number of rotatable bonds is 5. The molecule has 10 heteroatoms. The van der Waals surface area contributed by atoms with Crippen molar-refractivity contribution in [3.63, 3.8) is 0 Å². The highest BCUT2D eigenvalue weighted by atomic mass is 19.4. The van der Waals surface area contributed by atoms with E-state index in [-0.39, 0.29) is 18.1 Å². The molecule has 2 N–H and O–H groups in total. The lowest BCUT2D eigenvalue weighted by Gasteiger charge is -2.18. The Morgan fingerprint density at radius 1 is 1.17 bits per heavy atom. The number of amides is 1. The maximum absolute atomic E-state index is 13.0. The van der Waals surface area contributed by atoms with Crippen molar-refractivity contribution in [1.29, 1.82) is 0 Å². The Bertz CT molecular complexity index is 1430. The number of alkyl halides is 3. The van der Waals surface area contributed by atoms with Gasteiger partial charge in [-0.05, 0) is 54.3 Å². The number of benzene rings is 2. The van der Waals surface area contributed by atoms with Crippen molar-refractivity contribution in [3.05, 3.63) is 66.1 Å². The largest absolute Gasteiger partial charge is 0.573 e. The predicted molar refractivity (Wildman–Crippen MR) is 126 cm³/mol. The molecule has 0 saturated carbocycles. The second kappa shape index (κ2) is 8.61. The number of ether oxygens (including phenoxy) is 1. The maximum atomic E-state index is 13.0. The maximum Gasteiger partial charge on any atom is 0.573 e. The minimum atomic E-state index is -4.78. The molecule has 0 spiro atoms. The predicted octanol–water partition coefficient (Wildman–Crippen LogP) is 4.73. The monoisotopic (exact) mass is 481 g/mol. The van der Waals surface area contributed by atoms with Crippen LogP contribution in [0.5, 0.6) is 5.75 Å². The standard InChI is InChI=1S/C25H22F3N5O2/c1-2-32-13-19(22-23(32)24(29)31-14-30-22)16-6-7-20-17(12-16)8-9-33(20)21(34)11-15-4-3-5-18(10-15)35-25(26,27)28/h3-7,10,12-14H,2,8-9,11H2,1H3,(H2,29,30,31). The van der Waals surface area contributed by atoms with Crippen molar-refractivity contribution >= 4 is 28.4 Å². The van der Waals surface area contributed by atoms with E-state index in [1.54, 1.807) is 11.0 Å². The highest BCUT2D eigenvalue weighted by Crippen LogP contribution is 2.36. The van der Waals surface area contributed by atoms with Gasteiger partial charge in [0.1, 0.15) is 23.1 Å². The van der Waals surface area contributed by atoms with Crippen LogP contribution < -0.4 is 15.4 Å². The molecule has 7 nitrogen and oxygen atoms in total. The van der Waals surface area contributed by atoms with Crippen LogP contribution in [0.1, 0.15) is 18.1 Å². The zero-order valence-electron chi connectivity index (χ0n) is 18.8. The van der Waals surface area contributed by atoms with Gasteiger partial charge in [0.2, 0.25) is 5.91 Å². The molecular weight excluding hydrogens is 459 g/mol. The van der Waals surface area contributed by atoms with Crippen molar-refractivity contribution < 1.29 is 22.7 Å². The van der Waals surface area contributed by atoms with Crippen LogP contribution in [0.4, 0.5) is 24.7 Å². The Morgan fingerprint density at radius 2 is 2.00 bits per heavy atom. The molecular formula is C25H22F3N5O2. The summed E-state index contributed by atoms with van der Waals surface area (Å²) in [6.07, 6.45) is -0.684. The summed E-state index contributed by atoms with van der Waals surface area (Å²) in [6.45, 7) is 3.24. The van der Waals surface area contributed by atoms with Crippen LogP contribution in [0.2, 0.25) is 0 Å². The van der Waals surface area contributed by atoms with Crippen molar-refractivity contribution in [2.75, 3.05) is 17.2 Å². The average molecular weight is 481 g/mol. The van der Waals surface area contributed by atoms with Crippen molar-refractivity contribution in [2.24, 2.45) is 0 Å². The molecule has 0 fully saturated rings. The number of nitrogens with zero attached hydrogens (tertiary/aromatic N) is 4. The number of nitrogens with two attached hydrogens (primary N) is 1. The van der Waals surface area contributed by atoms with E-state index in [9.17, 15) is 18.0 Å². The van der Waals surface area contributed by atoms with Gasteiger partial charge < -0.3 is 19.9 Å². The van der Waals surface area contributed by atoms with Crippen molar-refractivity contribution in [1.82, 2.24) is 14.5 Å². The number of anilines is 2. The Balaban J connectivity index is 1.39. The van der Waals surface area contributed by atoms with E-state index < -0.39 is 6.36 Å². The summed E-state index contributed by atoms with van der Waals surface area (Å²) in [6, 6.07) is 11.4. The number of aromatic nitrogens is 3. The molecule has 2 aromatic carbocycles. The van der Waals surface area contributed by atoms with E-state index >= 15 is 0 Å². The first-order valence-electron chi connectivity index (χ1n) is 11.1. The number of fused-ring (bicyclic) bond motifs is 2. The highest BCUT2D eigenvalue weighted by molar-refractivity contribution is 6.00. The van der Waals surface area contributed by atoms with Gasteiger partial charge in [0.05, 0.1) is 6.42 Å². The number of carbonyl (C=O) groups excluding carboxylic acids is 1. The van der Waals surface area contributed by atoms with Gasteiger partial charge >= 0.3 is 6.36 Å². The third-order valence-electron chi connectivity index (χ3n) is 6.09. The minimum absolute atomic E-state index is 0.0313. The first-order chi connectivity index (χ1) is 16.7. The zero-order chi connectivity index (χ0) is 24.7. The summed E-state index contributed by atoms with van der Waals surface area (Å²) >= 11 is 0. The van der Waals surface area contributed by atoms with Crippen LogP contribution >= 0.6 is 0 Å². The second-order valence-electron chi connectivity index (χ2n) is 8.30. The number of carbonyl (C=O) groups is 1. The smallest absolute Gasteiger partial charge is 0.406 e. The molecule has 0 bridgehead atoms. The lowest BCUT2D eigenvalue weighted by molar-refractivity contribution is -0.274. The van der Waals surface area contributed by atoms with E-state index in [0.29, 0.717) is 24.3 Å². The van der Waals surface area contributed by atoms with E-state index in [0.717, 1.165) is 40.0 Å². The lowest BCUT2D eigenvalue weighted by Crippen LogP contribution is -2.30. The average Bonchev–Trinajstić information content (AvgIpc) is 3.40. The van der Waals surface area contributed by atoms with E-state index in [4.69, 9.17) is 5.73 Å². The van der Waals surface area contributed by atoms with Gasteiger partial charge in [-0.3, -0.25) is 4.79 Å². The molecule has 4 aromatic rings. The summed E-state index contributed by atoms with van der Waals surface area (Å²) in [4.78, 5) is 23.2. The first-order valence-corrected chi connectivity index (χ1v) is 11.1. The fraction of sp³-hybridized carbons (Fsp3) is 0.240. The number of hydrogen-bond acceptors (Lipinski definition) is 5. The summed E-state index contributed by atoms with van der Waals surface area (Å²) < 4.78 is 43.5. The Hall–Kier alpha value is -4.08. The second-order valence-corrected chi connectivity index (χ2v) is 8.30. The van der Waals surface area contributed by atoms with Crippen LogP contribution in [0.25, 0.3) is 22.2 Å². The molecule has 0 aliphatic carbocycles. The molecule has 2 aromatic heterocycles. The van der Waals surface area contributed by atoms with Gasteiger partial charge in [0.25, 0.3) is 0 Å². The van der Waals surface area contributed by atoms with Gasteiger partial charge in [0.15, 0.2) is 5.82 Å². The zero-order valence-corrected chi connectivity index (χ0v) is 18.8. The molecule has 0 unspecified atom stereocenters. The van der Waals surface area contributed by atoms with Gasteiger partial charge in [-0.2, -0.15) is 0 Å². The highest BCUT2D eigenvalue weighted by Gasteiger charge is 2.31. The molecule has 180 valence electrons. The number of nitrogen functional groups attached to an aromatic ring is 1. The van der Waals surface area contributed by atoms with Gasteiger partial charge in [-0.15, -0.1) is 13.2 Å². The third kappa shape index (κ3) is 4.39. The Kier molecular flexibility index (Phi) is 5.58. The van der Waals surface area contributed by atoms with Gasteiger partial charge in [-0.1, -0.05) is 18.2 Å². The summed E-state index contributed by atoms with van der Waals surface area (Å²) in [5.74, 6) is -0.112. The summed E-state index contributed by atoms with van der Waals surface area (Å²) in [5.41, 5.74) is 11.8. The van der Waals surface area contributed by atoms with Crippen molar-refractivity contribution in [2.45, 2.75) is 32.7 Å². The van der Waals surface area contributed by atoms with Crippen LogP contribution in [0, 0.1) is 0 Å². The van der Waals surface area contributed by atoms with Crippen LogP contribution in [0.15, 0.2) is 55.0 Å². The summed E-state index contributed by atoms with van der Waals surface area (Å²) in [7, 11) is 0. The Morgan fingerprint density at radius 3 is 2.77 bits per heavy atom. The Labute approximate surface area is 199 Å². The molecule has 35 heavy (non-hydrogen) atoms. The van der Waals surface area contributed by atoms with Crippen LogP contribution in [-0.2, 0) is 24.2 Å². The van der Waals surface area contributed by atoms with Gasteiger partial charge in [0, 0.05) is 30.5 Å². The molecule has 0 atom stereocenters. The fourth-order valence-corrected chi connectivity index (χ4v) is 4.57. The third-order valence-corrected chi connectivity index (χ3v) is 6.09. The molecule has 0 radical (unpaired) electrons. The topological polar surface area (TPSA) is 86.3 Å². The lowest BCUT2D eigenvalue weighted by atomic mass is 10.0.